The summed E-state index contributed by atoms with van der Waals surface area (Å²) in [6.07, 6.45) is 0.251. The summed E-state index contributed by atoms with van der Waals surface area (Å²) >= 11 is 0.753. The highest BCUT2D eigenvalue weighted by atomic mass is 32.2. The first kappa shape index (κ1) is 17.8. The van der Waals surface area contributed by atoms with Gasteiger partial charge >= 0.3 is 0 Å². The van der Waals surface area contributed by atoms with Crippen molar-refractivity contribution in [2.75, 3.05) is 15.4 Å². The first-order valence-corrected chi connectivity index (χ1v) is 9.14. The van der Waals surface area contributed by atoms with Crippen molar-refractivity contribution in [3.05, 3.63) is 24.3 Å². The molecule has 2 amide bonds. The van der Waals surface area contributed by atoms with Crippen molar-refractivity contribution in [2.45, 2.75) is 24.6 Å². The molecule has 0 atom stereocenters. The third kappa shape index (κ3) is 4.73. The number of hydrogen-bond acceptors (Lipinski definition) is 7. The molecule has 11 heteroatoms. The fourth-order valence-electron chi connectivity index (χ4n) is 1.60. The molecule has 1 aromatic heterocycles. The summed E-state index contributed by atoms with van der Waals surface area (Å²) in [6.45, 7) is 3.04. The van der Waals surface area contributed by atoms with Gasteiger partial charge in [-0.1, -0.05) is 18.3 Å². The zero-order valence-electron chi connectivity index (χ0n) is 12.9. The number of anilines is 3. The molecule has 24 heavy (non-hydrogen) atoms. The molecule has 9 nitrogen and oxygen atoms in total. The number of sulfonamides is 1. The smallest absolute Gasteiger partial charge is 0.291 e. The molecule has 0 aliphatic heterocycles. The average Bonchev–Trinajstić information content (AvgIpc) is 2.98. The first-order valence-electron chi connectivity index (χ1n) is 6.84. The Bertz CT molecular complexity index is 846. The minimum Gasteiger partial charge on any atom is -0.326 e. The number of hydrogen-bond donors (Lipinski definition) is 3. The van der Waals surface area contributed by atoms with E-state index in [1.165, 1.54) is 19.1 Å². The van der Waals surface area contributed by atoms with Crippen LogP contribution < -0.4 is 15.4 Å². The topological polar surface area (TPSA) is 130 Å². The zero-order chi connectivity index (χ0) is 17.7. The molecular formula is C13H15N5O4S2. The Morgan fingerprint density at radius 2 is 1.71 bits per heavy atom. The van der Waals surface area contributed by atoms with Crippen LogP contribution in [0.1, 0.15) is 20.3 Å². The Kier molecular flexibility index (Phi) is 5.46. The maximum Gasteiger partial charge on any atom is 0.291 e. The van der Waals surface area contributed by atoms with E-state index in [9.17, 15) is 18.0 Å². The van der Waals surface area contributed by atoms with Gasteiger partial charge in [-0.2, -0.15) is 8.42 Å². The van der Waals surface area contributed by atoms with Crippen molar-refractivity contribution in [2.24, 2.45) is 0 Å². The number of benzene rings is 1. The Labute approximate surface area is 142 Å². The lowest BCUT2D eigenvalue weighted by Gasteiger charge is -2.06. The maximum atomic E-state index is 12.2. The fourth-order valence-corrected chi connectivity index (χ4v) is 3.58. The Morgan fingerprint density at radius 1 is 1.08 bits per heavy atom. The second-order valence-corrected chi connectivity index (χ2v) is 7.47. The fraction of sp³-hybridized carbons (Fsp3) is 0.231. The molecule has 1 aromatic carbocycles. The van der Waals surface area contributed by atoms with E-state index in [1.807, 2.05) is 0 Å². The van der Waals surface area contributed by atoms with E-state index in [4.69, 9.17) is 0 Å². The second-order valence-electron chi connectivity index (χ2n) is 4.64. The van der Waals surface area contributed by atoms with Gasteiger partial charge in [0.25, 0.3) is 14.4 Å². The van der Waals surface area contributed by atoms with Crippen LogP contribution in [-0.4, -0.2) is 30.4 Å². The largest absolute Gasteiger partial charge is 0.326 e. The van der Waals surface area contributed by atoms with Crippen molar-refractivity contribution < 1.29 is 18.0 Å². The summed E-state index contributed by atoms with van der Waals surface area (Å²) in [5, 5.41) is 12.3. The monoisotopic (exact) mass is 369 g/mol. The first-order chi connectivity index (χ1) is 11.3. The minimum absolute atomic E-state index is 0.114. The van der Waals surface area contributed by atoms with Gasteiger partial charge < -0.3 is 10.6 Å². The van der Waals surface area contributed by atoms with Gasteiger partial charge in [0.05, 0.1) is 0 Å². The molecular weight excluding hydrogens is 354 g/mol. The van der Waals surface area contributed by atoms with Crippen molar-refractivity contribution in [3.63, 3.8) is 0 Å². The lowest BCUT2D eigenvalue weighted by atomic mass is 10.3. The Hall–Kier alpha value is -2.53. The third-order valence-electron chi connectivity index (χ3n) is 2.66. The van der Waals surface area contributed by atoms with Crippen LogP contribution >= 0.6 is 11.3 Å². The highest BCUT2D eigenvalue weighted by Gasteiger charge is 2.21. The molecule has 128 valence electrons. The predicted octanol–water partition coefficient (Wildman–Crippen LogP) is 1.65. The number of carbonyl (C=O) groups excluding carboxylic acids is 2. The molecule has 0 fully saturated rings. The van der Waals surface area contributed by atoms with Crippen molar-refractivity contribution >= 4 is 49.7 Å². The van der Waals surface area contributed by atoms with E-state index in [1.54, 1.807) is 19.1 Å². The summed E-state index contributed by atoms with van der Waals surface area (Å²) in [4.78, 5) is 22.2. The van der Waals surface area contributed by atoms with E-state index in [-0.39, 0.29) is 27.7 Å². The number of nitrogens with zero attached hydrogens (tertiary/aromatic N) is 2. The standard InChI is InChI=1S/C13H15N5O4S2/c1-3-11(20)15-12-16-17-13(23-12)24(21,22)18-10-6-4-9(5-7-10)14-8(2)19/h4-7,18H,3H2,1-2H3,(H,14,19)(H,15,16,20). The lowest BCUT2D eigenvalue weighted by molar-refractivity contribution is -0.116. The van der Waals surface area contributed by atoms with Crippen LogP contribution in [0.2, 0.25) is 0 Å². The minimum atomic E-state index is -3.91. The van der Waals surface area contributed by atoms with E-state index in [0.717, 1.165) is 11.3 Å². The second kappa shape index (κ2) is 7.36. The van der Waals surface area contributed by atoms with Gasteiger partial charge in [0, 0.05) is 24.7 Å². The molecule has 0 aliphatic carbocycles. The molecule has 2 rings (SSSR count). The van der Waals surface area contributed by atoms with Crippen LogP contribution in [0, 0.1) is 0 Å². The van der Waals surface area contributed by atoms with Gasteiger partial charge in [-0.15, -0.1) is 10.2 Å². The van der Waals surface area contributed by atoms with E-state index in [0.29, 0.717) is 11.4 Å². The average molecular weight is 369 g/mol. The highest BCUT2D eigenvalue weighted by molar-refractivity contribution is 7.94. The molecule has 1 heterocycles. The molecule has 0 saturated carbocycles. The quantitative estimate of drug-likeness (QED) is 0.664. The highest BCUT2D eigenvalue weighted by Crippen LogP contribution is 2.23. The van der Waals surface area contributed by atoms with Gasteiger partial charge in [-0.05, 0) is 24.3 Å². The van der Waals surface area contributed by atoms with Gasteiger partial charge in [-0.3, -0.25) is 14.3 Å². The summed E-state index contributed by atoms with van der Waals surface area (Å²) in [6, 6.07) is 6.13. The number of aromatic nitrogens is 2. The molecule has 0 spiro atoms. The van der Waals surface area contributed by atoms with Gasteiger partial charge in [-0.25, -0.2) is 0 Å². The summed E-state index contributed by atoms with van der Waals surface area (Å²) < 4.78 is 26.6. The predicted molar refractivity (Wildman–Crippen MR) is 90.4 cm³/mol. The summed E-state index contributed by atoms with van der Waals surface area (Å²) in [5.41, 5.74) is 0.851. The molecule has 3 N–H and O–H groups in total. The van der Waals surface area contributed by atoms with Crippen LogP contribution in [0.3, 0.4) is 0 Å². The maximum absolute atomic E-state index is 12.2. The Balaban J connectivity index is 2.10. The number of rotatable bonds is 6. The van der Waals surface area contributed by atoms with E-state index >= 15 is 0 Å². The molecule has 2 aromatic rings. The molecule has 0 saturated heterocycles. The van der Waals surface area contributed by atoms with Gasteiger partial charge in [0.1, 0.15) is 0 Å². The lowest BCUT2D eigenvalue weighted by Crippen LogP contribution is -2.13. The molecule has 0 aliphatic rings. The van der Waals surface area contributed by atoms with Crippen molar-refractivity contribution in [1.82, 2.24) is 10.2 Å². The van der Waals surface area contributed by atoms with Crippen LogP contribution in [0.15, 0.2) is 28.6 Å². The van der Waals surface area contributed by atoms with Crippen molar-refractivity contribution in [1.29, 1.82) is 0 Å². The van der Waals surface area contributed by atoms with E-state index in [2.05, 4.69) is 25.6 Å². The molecule has 0 bridgehead atoms. The van der Waals surface area contributed by atoms with Crippen LogP contribution in [0.25, 0.3) is 0 Å². The van der Waals surface area contributed by atoms with Crippen molar-refractivity contribution in [3.8, 4) is 0 Å². The SMILES string of the molecule is CCC(=O)Nc1nnc(S(=O)(=O)Nc2ccc(NC(C)=O)cc2)s1. The number of carbonyl (C=O) groups is 2. The third-order valence-corrected chi connectivity index (χ3v) is 5.25. The molecule has 0 radical (unpaired) electrons. The Morgan fingerprint density at radius 3 is 2.29 bits per heavy atom. The molecule has 0 unspecified atom stereocenters. The number of amides is 2. The summed E-state index contributed by atoms with van der Waals surface area (Å²) in [7, 11) is -3.91. The van der Waals surface area contributed by atoms with Crippen LogP contribution in [0.4, 0.5) is 16.5 Å². The van der Waals surface area contributed by atoms with Gasteiger partial charge in [0.2, 0.25) is 16.9 Å². The van der Waals surface area contributed by atoms with Gasteiger partial charge in [0.15, 0.2) is 0 Å². The number of nitrogens with one attached hydrogen (secondary N) is 3. The zero-order valence-corrected chi connectivity index (χ0v) is 14.5. The van der Waals surface area contributed by atoms with Crippen LogP contribution in [-0.2, 0) is 19.6 Å². The summed E-state index contributed by atoms with van der Waals surface area (Å²) in [5.74, 6) is -0.504. The van der Waals surface area contributed by atoms with Crippen LogP contribution in [0.5, 0.6) is 0 Å². The van der Waals surface area contributed by atoms with E-state index < -0.39 is 10.0 Å². The normalized spacial score (nSPS) is 10.9.